The Bertz CT molecular complexity index is 154. The van der Waals surface area contributed by atoms with Gasteiger partial charge in [0.15, 0.2) is 0 Å². The molecule has 0 aliphatic carbocycles. The van der Waals surface area contributed by atoms with E-state index in [1.807, 2.05) is 13.8 Å². The number of hydrogen-bond donors (Lipinski definition) is 0. The van der Waals surface area contributed by atoms with Crippen LogP contribution in [0.5, 0.6) is 0 Å². The molecular weight excluding hydrogens is 214 g/mol. The van der Waals surface area contributed by atoms with Crippen LogP contribution in [0, 0.1) is 5.92 Å². The summed E-state index contributed by atoms with van der Waals surface area (Å²) in [6.07, 6.45) is 2.88. The molecule has 0 bridgehead atoms. The maximum Gasteiger partial charge on any atom is 0.0703 e. The Morgan fingerprint density at radius 2 is 1.71 bits per heavy atom. The normalized spacial score (nSPS) is 18.0. The summed E-state index contributed by atoms with van der Waals surface area (Å²) in [6.45, 7) is 12.9. The van der Waals surface area contributed by atoms with E-state index in [1.54, 1.807) is 0 Å². The highest BCUT2D eigenvalue weighted by molar-refractivity contribution is 4.69. The van der Waals surface area contributed by atoms with Gasteiger partial charge in [-0.05, 0) is 52.7 Å². The van der Waals surface area contributed by atoms with Crippen molar-refractivity contribution in [2.75, 3.05) is 40.0 Å². The van der Waals surface area contributed by atoms with Crippen molar-refractivity contribution in [3.63, 3.8) is 0 Å². The number of rotatable bonds is 6. The number of ether oxygens (including phenoxy) is 2. The molecule has 0 N–H and O–H groups in total. The van der Waals surface area contributed by atoms with Gasteiger partial charge in [-0.2, -0.15) is 0 Å². The van der Waals surface area contributed by atoms with Crippen LogP contribution >= 0.6 is 0 Å². The lowest BCUT2D eigenvalue weighted by Gasteiger charge is -2.28. The Kier molecular flexibility index (Phi) is 10.9. The molecule has 1 fully saturated rings. The smallest absolute Gasteiger partial charge is 0.0703 e. The molecule has 1 aliphatic heterocycles. The second-order valence-corrected chi connectivity index (χ2v) is 4.74. The zero-order valence-corrected chi connectivity index (χ0v) is 12.4. The van der Waals surface area contributed by atoms with E-state index >= 15 is 0 Å². The molecule has 0 saturated carbocycles. The van der Waals surface area contributed by atoms with Crippen LogP contribution in [0.4, 0.5) is 0 Å². The number of piperidine rings is 1. The molecule has 0 aromatic carbocycles. The Balaban J connectivity index is 0.00000121. The van der Waals surface area contributed by atoms with Crippen molar-refractivity contribution in [2.45, 2.75) is 46.6 Å². The highest BCUT2D eigenvalue weighted by Gasteiger charge is 2.16. The molecule has 0 radical (unpaired) electrons. The Labute approximate surface area is 107 Å². The van der Waals surface area contributed by atoms with Crippen LogP contribution in [0.2, 0.25) is 0 Å². The second kappa shape index (κ2) is 11.0. The van der Waals surface area contributed by atoms with Gasteiger partial charge in [0.1, 0.15) is 0 Å². The van der Waals surface area contributed by atoms with E-state index in [-0.39, 0.29) is 0 Å². The molecule has 0 spiro atoms. The van der Waals surface area contributed by atoms with Crippen molar-refractivity contribution in [1.82, 2.24) is 4.90 Å². The molecule has 3 nitrogen and oxygen atoms in total. The molecule has 17 heavy (non-hydrogen) atoms. The van der Waals surface area contributed by atoms with Crippen LogP contribution in [-0.4, -0.2) is 51.0 Å². The minimum Gasteiger partial charge on any atom is -0.379 e. The fraction of sp³-hybridized carbons (Fsp3) is 1.00. The summed E-state index contributed by atoms with van der Waals surface area (Å²) in [6, 6.07) is 0. The standard InChI is InChI=1S/C12H25NO2.C2H6/c1-11(2)15-9-8-14-10-12-4-6-13(3)7-5-12;1-2/h11-12H,4-10H2,1-3H3;1-2H3. The SMILES string of the molecule is CC.CC(C)OCCOCC1CCN(C)CC1. The molecule has 0 aromatic heterocycles. The number of hydrogen-bond acceptors (Lipinski definition) is 3. The fourth-order valence-electron chi connectivity index (χ4n) is 1.82. The van der Waals surface area contributed by atoms with Gasteiger partial charge >= 0.3 is 0 Å². The number of nitrogens with zero attached hydrogens (tertiary/aromatic N) is 1. The Morgan fingerprint density at radius 1 is 1.12 bits per heavy atom. The average molecular weight is 245 g/mol. The Morgan fingerprint density at radius 3 is 2.24 bits per heavy atom. The van der Waals surface area contributed by atoms with Crippen LogP contribution in [-0.2, 0) is 9.47 Å². The van der Waals surface area contributed by atoms with E-state index < -0.39 is 0 Å². The summed E-state index contributed by atoms with van der Waals surface area (Å²) in [7, 11) is 2.19. The Hall–Kier alpha value is -0.120. The van der Waals surface area contributed by atoms with Crippen molar-refractivity contribution in [2.24, 2.45) is 5.92 Å². The quantitative estimate of drug-likeness (QED) is 0.672. The van der Waals surface area contributed by atoms with E-state index in [9.17, 15) is 0 Å². The van der Waals surface area contributed by atoms with Crippen LogP contribution in [0.1, 0.15) is 40.5 Å². The van der Waals surface area contributed by atoms with Crippen LogP contribution in [0.15, 0.2) is 0 Å². The number of likely N-dealkylation sites (tertiary alicyclic amines) is 1. The van der Waals surface area contributed by atoms with E-state index in [4.69, 9.17) is 9.47 Å². The molecule has 0 aromatic rings. The molecule has 1 rings (SSSR count). The molecule has 0 atom stereocenters. The van der Waals surface area contributed by atoms with Crippen LogP contribution in [0.25, 0.3) is 0 Å². The van der Waals surface area contributed by atoms with Crippen molar-refractivity contribution < 1.29 is 9.47 Å². The summed E-state index contributed by atoms with van der Waals surface area (Å²) >= 11 is 0. The van der Waals surface area contributed by atoms with E-state index in [0.29, 0.717) is 6.10 Å². The summed E-state index contributed by atoms with van der Waals surface area (Å²) < 4.78 is 11.0. The maximum atomic E-state index is 5.62. The van der Waals surface area contributed by atoms with Gasteiger partial charge in [-0.15, -0.1) is 0 Å². The monoisotopic (exact) mass is 245 g/mol. The van der Waals surface area contributed by atoms with E-state index in [1.165, 1.54) is 25.9 Å². The summed E-state index contributed by atoms with van der Waals surface area (Å²) in [4.78, 5) is 2.39. The van der Waals surface area contributed by atoms with Crippen molar-refractivity contribution >= 4 is 0 Å². The molecule has 0 amide bonds. The van der Waals surface area contributed by atoms with Gasteiger partial charge in [0.05, 0.1) is 19.3 Å². The highest BCUT2D eigenvalue weighted by atomic mass is 16.5. The molecule has 1 heterocycles. The maximum absolute atomic E-state index is 5.62. The molecule has 3 heteroatoms. The first kappa shape index (κ1) is 16.9. The first-order valence-corrected chi connectivity index (χ1v) is 7.06. The van der Waals surface area contributed by atoms with Gasteiger partial charge in [0.2, 0.25) is 0 Å². The van der Waals surface area contributed by atoms with Gasteiger partial charge in [0.25, 0.3) is 0 Å². The third kappa shape index (κ3) is 9.57. The minimum absolute atomic E-state index is 0.317. The molecule has 0 unspecified atom stereocenters. The molecule has 1 saturated heterocycles. The zero-order valence-electron chi connectivity index (χ0n) is 12.4. The first-order valence-electron chi connectivity index (χ1n) is 7.06. The lowest BCUT2D eigenvalue weighted by molar-refractivity contribution is 0.00335. The van der Waals surface area contributed by atoms with E-state index in [2.05, 4.69) is 25.8 Å². The molecular formula is C14H31NO2. The lowest BCUT2D eigenvalue weighted by atomic mass is 9.98. The summed E-state index contributed by atoms with van der Waals surface area (Å²) in [5.74, 6) is 0.764. The van der Waals surface area contributed by atoms with Gasteiger partial charge < -0.3 is 14.4 Å². The fourth-order valence-corrected chi connectivity index (χ4v) is 1.82. The van der Waals surface area contributed by atoms with E-state index in [0.717, 1.165) is 25.7 Å². The third-order valence-electron chi connectivity index (χ3n) is 2.87. The van der Waals surface area contributed by atoms with Gasteiger partial charge in [-0.25, -0.2) is 0 Å². The first-order chi connectivity index (χ1) is 8.18. The summed E-state index contributed by atoms with van der Waals surface area (Å²) in [5, 5.41) is 0. The van der Waals surface area contributed by atoms with Crippen LogP contribution < -0.4 is 0 Å². The van der Waals surface area contributed by atoms with Gasteiger partial charge in [0, 0.05) is 6.61 Å². The van der Waals surface area contributed by atoms with Gasteiger partial charge in [-0.1, -0.05) is 13.8 Å². The molecule has 104 valence electrons. The second-order valence-electron chi connectivity index (χ2n) is 4.74. The van der Waals surface area contributed by atoms with Crippen molar-refractivity contribution in [3.8, 4) is 0 Å². The van der Waals surface area contributed by atoms with Gasteiger partial charge in [-0.3, -0.25) is 0 Å². The molecule has 1 aliphatic rings. The van der Waals surface area contributed by atoms with Crippen molar-refractivity contribution in [3.05, 3.63) is 0 Å². The third-order valence-corrected chi connectivity index (χ3v) is 2.87. The van der Waals surface area contributed by atoms with Crippen molar-refractivity contribution in [1.29, 1.82) is 0 Å². The minimum atomic E-state index is 0.317. The predicted molar refractivity (Wildman–Crippen MR) is 73.5 cm³/mol. The lowest BCUT2D eigenvalue weighted by Crippen LogP contribution is -2.32. The highest BCUT2D eigenvalue weighted by Crippen LogP contribution is 2.15. The van der Waals surface area contributed by atoms with Crippen LogP contribution in [0.3, 0.4) is 0 Å². The predicted octanol–water partition coefficient (Wildman–Crippen LogP) is 2.80. The zero-order chi connectivity index (χ0) is 13.1. The largest absolute Gasteiger partial charge is 0.379 e. The summed E-state index contributed by atoms with van der Waals surface area (Å²) in [5.41, 5.74) is 0. The topological polar surface area (TPSA) is 21.7 Å². The average Bonchev–Trinajstić information content (AvgIpc) is 2.33.